The van der Waals surface area contributed by atoms with Crippen LogP contribution < -0.4 is 4.90 Å². The van der Waals surface area contributed by atoms with Crippen LogP contribution in [0.2, 0.25) is 0 Å². The van der Waals surface area contributed by atoms with Crippen LogP contribution in [0.15, 0.2) is 84.4 Å². The second-order valence-electron chi connectivity index (χ2n) is 10.8. The molecule has 0 aromatic heterocycles. The van der Waals surface area contributed by atoms with Gasteiger partial charge in [0.05, 0.1) is 6.04 Å². The van der Waals surface area contributed by atoms with E-state index in [1.54, 1.807) is 11.1 Å². The number of anilines is 1. The van der Waals surface area contributed by atoms with Crippen molar-refractivity contribution in [2.24, 2.45) is 0 Å². The summed E-state index contributed by atoms with van der Waals surface area (Å²) in [6.07, 6.45) is 8.95. The van der Waals surface area contributed by atoms with E-state index in [1.165, 1.54) is 67.6 Å². The number of rotatable bonds is 6. The van der Waals surface area contributed by atoms with E-state index >= 15 is 0 Å². The molecule has 3 aliphatic rings. The lowest BCUT2D eigenvalue weighted by Gasteiger charge is -2.40. The van der Waals surface area contributed by atoms with Gasteiger partial charge in [-0.1, -0.05) is 78.4 Å². The number of hydrogen-bond donors (Lipinski definition) is 0. The summed E-state index contributed by atoms with van der Waals surface area (Å²) in [6, 6.07) is 29.6. The average Bonchev–Trinajstić information content (AvgIpc) is 2.95. The first-order valence-electron chi connectivity index (χ1n) is 14.0. The molecule has 37 heavy (non-hydrogen) atoms. The molecule has 1 aliphatic carbocycles. The zero-order chi connectivity index (χ0) is 24.2. The molecule has 2 saturated heterocycles. The van der Waals surface area contributed by atoms with Crippen molar-refractivity contribution in [2.45, 2.75) is 38.1 Å². The first kappa shape index (κ1) is 26.0. The number of piperazine rings is 1. The minimum Gasteiger partial charge on any atom is -0.372 e. The lowest BCUT2D eigenvalue weighted by Crippen LogP contribution is -2.48. The van der Waals surface area contributed by atoms with E-state index in [0.29, 0.717) is 6.04 Å². The zero-order valence-corrected chi connectivity index (χ0v) is 22.7. The molecule has 2 fully saturated rings. The van der Waals surface area contributed by atoms with Crippen LogP contribution in [-0.4, -0.2) is 55.6 Å². The Morgan fingerprint density at radius 2 is 1.30 bits per heavy atom. The van der Waals surface area contributed by atoms with Crippen LogP contribution in [0.5, 0.6) is 0 Å². The van der Waals surface area contributed by atoms with E-state index < -0.39 is 0 Å². The van der Waals surface area contributed by atoms with Gasteiger partial charge < -0.3 is 4.90 Å². The van der Waals surface area contributed by atoms with Crippen LogP contribution in [0.25, 0.3) is 6.08 Å². The highest BCUT2D eigenvalue weighted by Crippen LogP contribution is 2.32. The fourth-order valence-electron chi connectivity index (χ4n) is 6.36. The van der Waals surface area contributed by atoms with E-state index in [-0.39, 0.29) is 12.4 Å². The largest absolute Gasteiger partial charge is 0.372 e. The Balaban J connectivity index is 0.00000280. The molecular formula is C33H40ClN3. The molecule has 6 rings (SSSR count). The number of piperidine rings is 1. The van der Waals surface area contributed by atoms with Crippen LogP contribution in [0.3, 0.4) is 0 Å². The van der Waals surface area contributed by atoms with Crippen LogP contribution in [0.1, 0.15) is 54.0 Å². The minimum atomic E-state index is 0. The Morgan fingerprint density at radius 1 is 0.649 bits per heavy atom. The highest BCUT2D eigenvalue weighted by Gasteiger charge is 2.27. The lowest BCUT2D eigenvalue weighted by atomic mass is 9.91. The number of aryl methyl sites for hydroxylation is 1. The fraction of sp³-hybridized carbons (Fsp3) is 0.394. The van der Waals surface area contributed by atoms with Gasteiger partial charge in [-0.05, 0) is 66.5 Å². The predicted octanol–water partition coefficient (Wildman–Crippen LogP) is 6.84. The van der Waals surface area contributed by atoms with Gasteiger partial charge in [-0.15, -0.1) is 12.4 Å². The van der Waals surface area contributed by atoms with Gasteiger partial charge in [0.15, 0.2) is 0 Å². The van der Waals surface area contributed by atoms with Crippen molar-refractivity contribution in [1.29, 1.82) is 0 Å². The molecule has 3 nitrogen and oxygen atoms in total. The Hall–Kier alpha value is -2.59. The zero-order valence-electron chi connectivity index (χ0n) is 21.9. The molecule has 0 unspecified atom stereocenters. The molecule has 194 valence electrons. The molecule has 0 radical (unpaired) electrons. The van der Waals surface area contributed by atoms with Crippen molar-refractivity contribution in [1.82, 2.24) is 9.80 Å². The molecule has 0 bridgehead atoms. The van der Waals surface area contributed by atoms with Crippen LogP contribution in [0, 0.1) is 0 Å². The molecular weight excluding hydrogens is 474 g/mol. The topological polar surface area (TPSA) is 9.72 Å². The summed E-state index contributed by atoms with van der Waals surface area (Å²) in [5, 5.41) is 0. The summed E-state index contributed by atoms with van der Waals surface area (Å²) in [5.41, 5.74) is 8.82. The number of fused-ring (bicyclic) bond motifs is 1. The summed E-state index contributed by atoms with van der Waals surface area (Å²) in [7, 11) is 0. The van der Waals surface area contributed by atoms with Crippen molar-refractivity contribution in [3.8, 4) is 0 Å². The Morgan fingerprint density at radius 3 is 1.95 bits per heavy atom. The standard InChI is InChI=1S/C33H39N3.ClH/c1-4-10-28(11-5-1)33(29-12-6-2-7-13-29)36-22-20-34(21-23-36)26-27-14-15-31-25-32(17-16-30(31)24-27)35-18-8-3-9-19-35;/h1-2,4-7,10-13,16-17,24-25,33H,3,8-9,14-15,18-23,26H2;1H. The van der Waals surface area contributed by atoms with Gasteiger partial charge in [-0.2, -0.15) is 0 Å². The fourth-order valence-corrected chi connectivity index (χ4v) is 6.36. The van der Waals surface area contributed by atoms with Gasteiger partial charge in [-0.3, -0.25) is 9.80 Å². The third-order valence-electron chi connectivity index (χ3n) is 8.35. The first-order valence-corrected chi connectivity index (χ1v) is 14.0. The molecule has 2 aliphatic heterocycles. The number of hydrogen-bond acceptors (Lipinski definition) is 3. The summed E-state index contributed by atoms with van der Waals surface area (Å²) < 4.78 is 0. The van der Waals surface area contributed by atoms with E-state index in [9.17, 15) is 0 Å². The molecule has 0 N–H and O–H groups in total. The smallest absolute Gasteiger partial charge is 0.0602 e. The molecule has 0 saturated carbocycles. The Kier molecular flexibility index (Phi) is 8.66. The molecule has 4 heteroatoms. The highest BCUT2D eigenvalue weighted by atomic mass is 35.5. The maximum atomic E-state index is 2.67. The average molecular weight is 514 g/mol. The maximum Gasteiger partial charge on any atom is 0.0602 e. The third kappa shape index (κ3) is 6.12. The minimum absolute atomic E-state index is 0. The predicted molar refractivity (Wildman–Crippen MR) is 159 cm³/mol. The van der Waals surface area contributed by atoms with Gasteiger partial charge in [0.2, 0.25) is 0 Å². The van der Waals surface area contributed by atoms with Crippen LogP contribution >= 0.6 is 12.4 Å². The third-order valence-corrected chi connectivity index (χ3v) is 8.35. The van der Waals surface area contributed by atoms with E-state index in [1.807, 2.05) is 0 Å². The van der Waals surface area contributed by atoms with Crippen molar-refractivity contribution in [3.05, 3.63) is 107 Å². The SMILES string of the molecule is C1=C(CN2CCN(C(c3ccccc3)c3ccccc3)CC2)CCc2cc(N3CCCCC3)ccc21.Cl. The van der Waals surface area contributed by atoms with Gasteiger partial charge in [0, 0.05) is 51.5 Å². The van der Waals surface area contributed by atoms with E-state index in [2.05, 4.69) is 99.6 Å². The quantitative estimate of drug-likeness (QED) is 0.357. The Bertz CT molecular complexity index is 1120. The van der Waals surface area contributed by atoms with E-state index in [0.717, 1.165) is 32.7 Å². The molecule has 0 spiro atoms. The number of halogens is 1. The van der Waals surface area contributed by atoms with Crippen LogP contribution in [0.4, 0.5) is 5.69 Å². The van der Waals surface area contributed by atoms with Crippen molar-refractivity contribution in [2.75, 3.05) is 50.7 Å². The van der Waals surface area contributed by atoms with Crippen molar-refractivity contribution < 1.29 is 0 Å². The molecule has 0 atom stereocenters. The summed E-state index contributed by atoms with van der Waals surface area (Å²) >= 11 is 0. The molecule has 2 heterocycles. The number of nitrogens with zero attached hydrogens (tertiary/aromatic N) is 3. The van der Waals surface area contributed by atoms with E-state index in [4.69, 9.17) is 0 Å². The number of benzene rings is 3. The highest BCUT2D eigenvalue weighted by molar-refractivity contribution is 5.85. The van der Waals surface area contributed by atoms with Crippen molar-refractivity contribution >= 4 is 24.2 Å². The summed E-state index contributed by atoms with van der Waals surface area (Å²) in [5.74, 6) is 0. The normalized spacial score (nSPS) is 18.7. The van der Waals surface area contributed by atoms with Gasteiger partial charge >= 0.3 is 0 Å². The van der Waals surface area contributed by atoms with Gasteiger partial charge in [0.25, 0.3) is 0 Å². The van der Waals surface area contributed by atoms with Gasteiger partial charge in [0.1, 0.15) is 0 Å². The molecule has 3 aromatic carbocycles. The van der Waals surface area contributed by atoms with Crippen LogP contribution in [-0.2, 0) is 6.42 Å². The Labute approximate surface area is 229 Å². The lowest BCUT2D eigenvalue weighted by molar-refractivity contribution is 0.115. The van der Waals surface area contributed by atoms with Crippen molar-refractivity contribution in [3.63, 3.8) is 0 Å². The second kappa shape index (κ2) is 12.3. The first-order chi connectivity index (χ1) is 17.8. The van der Waals surface area contributed by atoms with Gasteiger partial charge in [-0.25, -0.2) is 0 Å². The molecule has 3 aromatic rings. The summed E-state index contributed by atoms with van der Waals surface area (Å²) in [4.78, 5) is 7.93. The molecule has 0 amide bonds. The maximum absolute atomic E-state index is 2.67. The summed E-state index contributed by atoms with van der Waals surface area (Å²) in [6.45, 7) is 8.04. The monoisotopic (exact) mass is 513 g/mol. The second-order valence-corrected chi connectivity index (χ2v) is 10.8.